The molecule has 1 aromatic carbocycles. The number of rotatable bonds is 4. The Morgan fingerprint density at radius 3 is 2.57 bits per heavy atom. The van der Waals surface area contributed by atoms with E-state index in [1.807, 2.05) is 16.3 Å². The number of anilines is 1. The lowest BCUT2D eigenvalue weighted by Gasteiger charge is -2.36. The number of thiophene rings is 1. The summed E-state index contributed by atoms with van der Waals surface area (Å²) in [6, 6.07) is 10.6. The first-order chi connectivity index (χ1) is 14.6. The van der Waals surface area contributed by atoms with Gasteiger partial charge in [-0.2, -0.15) is 0 Å². The largest absolute Gasteiger partial charge is 0.378 e. The second-order valence-corrected chi connectivity index (χ2v) is 8.45. The summed E-state index contributed by atoms with van der Waals surface area (Å²) in [7, 11) is 0. The highest BCUT2D eigenvalue weighted by atomic mass is 32.1. The number of carbonyl (C=O) groups excluding carboxylic acids is 3. The van der Waals surface area contributed by atoms with E-state index >= 15 is 0 Å². The van der Waals surface area contributed by atoms with Crippen LogP contribution in [0.3, 0.4) is 0 Å². The fraction of sp³-hybridized carbons (Fsp3) is 0.409. The number of amides is 3. The highest BCUT2D eigenvalue weighted by Gasteiger charge is 2.32. The van der Waals surface area contributed by atoms with Crippen LogP contribution in [-0.4, -0.2) is 66.9 Å². The summed E-state index contributed by atoms with van der Waals surface area (Å²) < 4.78 is 5.33. The zero-order valence-electron chi connectivity index (χ0n) is 16.7. The van der Waals surface area contributed by atoms with Crippen LogP contribution in [0.1, 0.15) is 32.9 Å². The van der Waals surface area contributed by atoms with Crippen LogP contribution in [0.4, 0.5) is 5.69 Å². The standard InChI is InChI=1S/C22H25N3O4S/c26-20(19-8-4-14-30-19)23-18-7-2-1-6-17(18)22(28)25-9-3-5-16(15-25)21(27)24-10-12-29-13-11-24/h1-2,4,6-8,14,16H,3,5,9-13,15H2,(H,23,26). The summed E-state index contributed by atoms with van der Waals surface area (Å²) >= 11 is 1.35. The van der Waals surface area contributed by atoms with Crippen LogP contribution < -0.4 is 5.32 Å². The Morgan fingerprint density at radius 2 is 1.80 bits per heavy atom. The molecule has 1 unspecified atom stereocenters. The van der Waals surface area contributed by atoms with Crippen molar-refractivity contribution >= 4 is 34.7 Å². The Hall–Kier alpha value is -2.71. The summed E-state index contributed by atoms with van der Waals surface area (Å²) in [4.78, 5) is 42.8. The van der Waals surface area contributed by atoms with Crippen LogP contribution in [0.15, 0.2) is 41.8 Å². The fourth-order valence-electron chi connectivity index (χ4n) is 3.95. The molecule has 3 heterocycles. The van der Waals surface area contributed by atoms with E-state index in [-0.39, 0.29) is 23.6 Å². The van der Waals surface area contributed by atoms with Crippen molar-refractivity contribution in [1.82, 2.24) is 9.80 Å². The van der Waals surface area contributed by atoms with Crippen molar-refractivity contribution in [2.45, 2.75) is 12.8 Å². The molecule has 1 N–H and O–H groups in total. The van der Waals surface area contributed by atoms with E-state index in [2.05, 4.69) is 5.32 Å². The number of para-hydroxylation sites is 1. The summed E-state index contributed by atoms with van der Waals surface area (Å²) in [6.07, 6.45) is 1.58. The lowest BCUT2D eigenvalue weighted by atomic mass is 9.95. The molecular weight excluding hydrogens is 402 g/mol. The van der Waals surface area contributed by atoms with E-state index < -0.39 is 0 Å². The SMILES string of the molecule is O=C(Nc1ccccc1C(=O)N1CCCC(C(=O)N2CCOCC2)C1)c1cccs1. The molecule has 2 aromatic rings. The van der Waals surface area contributed by atoms with Crippen molar-refractivity contribution < 1.29 is 19.1 Å². The van der Waals surface area contributed by atoms with Crippen molar-refractivity contribution in [2.75, 3.05) is 44.7 Å². The summed E-state index contributed by atoms with van der Waals surface area (Å²) in [6.45, 7) is 3.37. The first kappa shape index (κ1) is 20.6. The molecule has 2 aliphatic heterocycles. The molecule has 0 spiro atoms. The number of hydrogen-bond donors (Lipinski definition) is 1. The van der Waals surface area contributed by atoms with Gasteiger partial charge in [0.05, 0.1) is 35.3 Å². The van der Waals surface area contributed by atoms with Gasteiger partial charge < -0.3 is 19.9 Å². The van der Waals surface area contributed by atoms with Gasteiger partial charge in [-0.15, -0.1) is 11.3 Å². The molecule has 8 heteroatoms. The van der Waals surface area contributed by atoms with Gasteiger partial charge in [0.15, 0.2) is 0 Å². The third-order valence-electron chi connectivity index (χ3n) is 5.53. The van der Waals surface area contributed by atoms with Gasteiger partial charge in [0.1, 0.15) is 0 Å². The van der Waals surface area contributed by atoms with Crippen LogP contribution >= 0.6 is 11.3 Å². The highest BCUT2D eigenvalue weighted by Crippen LogP contribution is 2.24. The Morgan fingerprint density at radius 1 is 1.00 bits per heavy atom. The first-order valence-electron chi connectivity index (χ1n) is 10.2. The number of piperidine rings is 1. The summed E-state index contributed by atoms with van der Waals surface area (Å²) in [5.41, 5.74) is 0.935. The van der Waals surface area contributed by atoms with E-state index in [0.717, 1.165) is 12.8 Å². The van der Waals surface area contributed by atoms with Crippen LogP contribution in [0.5, 0.6) is 0 Å². The summed E-state index contributed by atoms with van der Waals surface area (Å²) in [5.74, 6) is -0.468. The first-order valence-corrected chi connectivity index (χ1v) is 11.1. The minimum Gasteiger partial charge on any atom is -0.378 e. The topological polar surface area (TPSA) is 79.0 Å². The number of carbonyl (C=O) groups is 3. The smallest absolute Gasteiger partial charge is 0.265 e. The number of benzene rings is 1. The maximum Gasteiger partial charge on any atom is 0.265 e. The third-order valence-corrected chi connectivity index (χ3v) is 6.40. The minimum atomic E-state index is -0.232. The number of likely N-dealkylation sites (tertiary alicyclic amines) is 1. The molecule has 2 saturated heterocycles. The molecule has 4 rings (SSSR count). The van der Waals surface area contributed by atoms with Gasteiger partial charge in [-0.1, -0.05) is 18.2 Å². The molecule has 30 heavy (non-hydrogen) atoms. The lowest BCUT2D eigenvalue weighted by Crippen LogP contribution is -2.49. The molecular formula is C22H25N3O4S. The molecule has 7 nitrogen and oxygen atoms in total. The van der Waals surface area contributed by atoms with Crippen LogP contribution in [0.25, 0.3) is 0 Å². The van der Waals surface area contributed by atoms with Crippen molar-refractivity contribution in [2.24, 2.45) is 5.92 Å². The highest BCUT2D eigenvalue weighted by molar-refractivity contribution is 7.12. The zero-order valence-corrected chi connectivity index (χ0v) is 17.5. The molecule has 2 fully saturated rings. The normalized spacial score (nSPS) is 19.4. The average Bonchev–Trinajstić information content (AvgIpc) is 3.34. The predicted molar refractivity (Wildman–Crippen MR) is 115 cm³/mol. The number of nitrogens with one attached hydrogen (secondary N) is 1. The van der Waals surface area contributed by atoms with Gasteiger partial charge in [0, 0.05) is 26.2 Å². The molecule has 0 saturated carbocycles. The van der Waals surface area contributed by atoms with Gasteiger partial charge in [0.25, 0.3) is 11.8 Å². The third kappa shape index (κ3) is 4.55. The minimum absolute atomic E-state index is 0.107. The van der Waals surface area contributed by atoms with Gasteiger partial charge in [-0.05, 0) is 36.4 Å². The average molecular weight is 428 g/mol. The van der Waals surface area contributed by atoms with Gasteiger partial charge >= 0.3 is 0 Å². The maximum atomic E-state index is 13.3. The molecule has 0 aliphatic carbocycles. The zero-order chi connectivity index (χ0) is 20.9. The van der Waals surface area contributed by atoms with Gasteiger partial charge in [-0.3, -0.25) is 14.4 Å². The lowest BCUT2D eigenvalue weighted by molar-refractivity contribution is -0.141. The van der Waals surface area contributed by atoms with Gasteiger partial charge in [0.2, 0.25) is 5.91 Å². The van der Waals surface area contributed by atoms with E-state index in [4.69, 9.17) is 4.74 Å². The molecule has 1 atom stereocenters. The van der Waals surface area contributed by atoms with Crippen molar-refractivity contribution in [3.05, 3.63) is 52.2 Å². The second kappa shape index (κ2) is 9.40. The van der Waals surface area contributed by atoms with Crippen molar-refractivity contribution in [3.63, 3.8) is 0 Å². The van der Waals surface area contributed by atoms with E-state index in [1.165, 1.54) is 11.3 Å². The molecule has 0 bridgehead atoms. The number of nitrogens with zero attached hydrogens (tertiary/aromatic N) is 2. The van der Waals surface area contributed by atoms with E-state index in [1.54, 1.807) is 35.2 Å². The molecule has 158 valence electrons. The Kier molecular flexibility index (Phi) is 6.44. The number of morpholine rings is 1. The molecule has 2 aliphatic rings. The molecule has 1 aromatic heterocycles. The monoisotopic (exact) mass is 427 g/mol. The van der Waals surface area contributed by atoms with E-state index in [9.17, 15) is 14.4 Å². The fourth-order valence-corrected chi connectivity index (χ4v) is 4.56. The Bertz CT molecular complexity index is 909. The summed E-state index contributed by atoms with van der Waals surface area (Å²) in [5, 5.41) is 4.69. The second-order valence-electron chi connectivity index (χ2n) is 7.50. The Balaban J connectivity index is 1.46. The molecule has 0 radical (unpaired) electrons. The van der Waals surface area contributed by atoms with Crippen LogP contribution in [0.2, 0.25) is 0 Å². The predicted octanol–water partition coefficient (Wildman–Crippen LogP) is 2.71. The van der Waals surface area contributed by atoms with Crippen molar-refractivity contribution in [1.29, 1.82) is 0 Å². The number of ether oxygens (including phenoxy) is 1. The van der Waals surface area contributed by atoms with E-state index in [0.29, 0.717) is 55.5 Å². The quantitative estimate of drug-likeness (QED) is 0.814. The molecule has 3 amide bonds. The van der Waals surface area contributed by atoms with Crippen LogP contribution in [-0.2, 0) is 9.53 Å². The Labute approximate surface area is 179 Å². The van der Waals surface area contributed by atoms with Gasteiger partial charge in [-0.25, -0.2) is 0 Å². The van der Waals surface area contributed by atoms with Crippen LogP contribution in [0, 0.1) is 5.92 Å². The maximum absolute atomic E-state index is 13.3. The number of hydrogen-bond acceptors (Lipinski definition) is 5. The van der Waals surface area contributed by atoms with Crippen molar-refractivity contribution in [3.8, 4) is 0 Å².